The van der Waals surface area contributed by atoms with Crippen molar-refractivity contribution in [2.75, 3.05) is 13.1 Å². The van der Waals surface area contributed by atoms with Crippen LogP contribution in [0.3, 0.4) is 0 Å². The van der Waals surface area contributed by atoms with E-state index in [1.807, 2.05) is 19.9 Å². The van der Waals surface area contributed by atoms with E-state index in [2.05, 4.69) is 21.2 Å². The zero-order valence-electron chi connectivity index (χ0n) is 10.4. The number of hydrogen-bond acceptors (Lipinski definition) is 1. The van der Waals surface area contributed by atoms with E-state index in [1.54, 1.807) is 0 Å². The Morgan fingerprint density at radius 3 is 2.88 bits per heavy atom. The molecule has 0 spiro atoms. The molecule has 3 heteroatoms. The van der Waals surface area contributed by atoms with E-state index in [-0.39, 0.29) is 5.82 Å². The van der Waals surface area contributed by atoms with Crippen LogP contribution in [0, 0.1) is 25.6 Å². The summed E-state index contributed by atoms with van der Waals surface area (Å²) < 4.78 is 15.2. The van der Waals surface area contributed by atoms with Gasteiger partial charge in [0.1, 0.15) is 5.82 Å². The first-order valence-corrected chi connectivity index (χ1v) is 7.03. The topological polar surface area (TPSA) is 12.0 Å². The molecule has 1 unspecified atom stereocenters. The molecule has 1 saturated heterocycles. The van der Waals surface area contributed by atoms with Crippen LogP contribution in [0.4, 0.5) is 4.39 Å². The molecule has 0 radical (unpaired) electrons. The number of hydrogen-bond donors (Lipinski definition) is 1. The minimum absolute atomic E-state index is 0.0173. The third-order valence-corrected chi connectivity index (χ3v) is 4.48. The fraction of sp³-hybridized carbons (Fsp3) is 0.571. The van der Waals surface area contributed by atoms with Crippen LogP contribution in [0.15, 0.2) is 10.5 Å². The minimum atomic E-state index is -0.0173. The lowest BCUT2D eigenvalue weighted by Crippen LogP contribution is -2.31. The number of aryl methyl sites for hydroxylation is 1. The van der Waals surface area contributed by atoms with Crippen molar-refractivity contribution in [2.24, 2.45) is 5.92 Å². The van der Waals surface area contributed by atoms with Crippen LogP contribution in [0.2, 0.25) is 0 Å². The molecule has 0 amide bonds. The first-order valence-electron chi connectivity index (χ1n) is 6.24. The largest absolute Gasteiger partial charge is 0.316 e. The fourth-order valence-electron chi connectivity index (χ4n) is 2.54. The van der Waals surface area contributed by atoms with Gasteiger partial charge in [0.2, 0.25) is 0 Å². The van der Waals surface area contributed by atoms with Crippen LogP contribution in [0.5, 0.6) is 0 Å². The summed E-state index contributed by atoms with van der Waals surface area (Å²) in [6, 6.07) is 1.87. The maximum atomic E-state index is 14.2. The Morgan fingerprint density at radius 2 is 2.24 bits per heavy atom. The molecule has 94 valence electrons. The van der Waals surface area contributed by atoms with Gasteiger partial charge in [-0.25, -0.2) is 4.39 Å². The summed E-state index contributed by atoms with van der Waals surface area (Å²) in [5.41, 5.74) is 2.69. The molecule has 2 rings (SSSR count). The second kappa shape index (κ2) is 5.49. The predicted molar refractivity (Wildman–Crippen MR) is 72.9 cm³/mol. The van der Waals surface area contributed by atoms with Crippen molar-refractivity contribution in [3.63, 3.8) is 0 Å². The Hall–Kier alpha value is -0.410. The van der Waals surface area contributed by atoms with Crippen LogP contribution in [0.1, 0.15) is 29.5 Å². The third-order valence-electron chi connectivity index (χ3n) is 3.66. The van der Waals surface area contributed by atoms with E-state index in [0.29, 0.717) is 5.92 Å². The maximum Gasteiger partial charge on any atom is 0.129 e. The van der Waals surface area contributed by atoms with Gasteiger partial charge in [-0.15, -0.1) is 0 Å². The van der Waals surface area contributed by atoms with E-state index in [9.17, 15) is 4.39 Å². The summed E-state index contributed by atoms with van der Waals surface area (Å²) in [6.07, 6.45) is 3.26. The van der Waals surface area contributed by atoms with Crippen molar-refractivity contribution in [3.05, 3.63) is 33.0 Å². The van der Waals surface area contributed by atoms with Crippen LogP contribution < -0.4 is 5.32 Å². The smallest absolute Gasteiger partial charge is 0.129 e. The number of piperidine rings is 1. The molecular weight excluding hydrogens is 281 g/mol. The Kier molecular flexibility index (Phi) is 4.21. The Labute approximate surface area is 111 Å². The van der Waals surface area contributed by atoms with Gasteiger partial charge in [-0.3, -0.25) is 0 Å². The lowest BCUT2D eigenvalue weighted by atomic mass is 9.89. The number of halogens is 2. The summed E-state index contributed by atoms with van der Waals surface area (Å²) in [7, 11) is 0. The van der Waals surface area contributed by atoms with Gasteiger partial charge >= 0.3 is 0 Å². The summed E-state index contributed by atoms with van der Waals surface area (Å²) >= 11 is 3.51. The van der Waals surface area contributed by atoms with Crippen LogP contribution in [0.25, 0.3) is 0 Å². The first kappa shape index (κ1) is 13.0. The van der Waals surface area contributed by atoms with Gasteiger partial charge in [0.05, 0.1) is 0 Å². The maximum absolute atomic E-state index is 14.2. The van der Waals surface area contributed by atoms with Crippen molar-refractivity contribution in [3.8, 4) is 0 Å². The van der Waals surface area contributed by atoms with Crippen molar-refractivity contribution >= 4 is 15.9 Å². The summed E-state index contributed by atoms with van der Waals surface area (Å²) in [5.74, 6) is 0.557. The predicted octanol–water partition coefficient (Wildman–Crippen LogP) is 3.75. The second-order valence-electron chi connectivity index (χ2n) is 5.01. The molecule has 1 atom stereocenters. The third kappa shape index (κ3) is 2.89. The van der Waals surface area contributed by atoms with Crippen LogP contribution >= 0.6 is 15.9 Å². The zero-order valence-corrected chi connectivity index (χ0v) is 12.0. The molecule has 0 aliphatic carbocycles. The second-order valence-corrected chi connectivity index (χ2v) is 5.86. The molecule has 1 fully saturated rings. The molecular formula is C14H19BrFN. The molecule has 0 saturated carbocycles. The Bertz CT molecular complexity index is 385. The average Bonchev–Trinajstić information content (AvgIpc) is 2.33. The van der Waals surface area contributed by atoms with Crippen molar-refractivity contribution in [1.82, 2.24) is 5.32 Å². The van der Waals surface area contributed by atoms with Gasteiger partial charge in [-0.2, -0.15) is 0 Å². The highest BCUT2D eigenvalue weighted by molar-refractivity contribution is 9.10. The molecule has 1 aromatic carbocycles. The van der Waals surface area contributed by atoms with Crippen LogP contribution in [-0.4, -0.2) is 13.1 Å². The highest BCUT2D eigenvalue weighted by Gasteiger charge is 2.19. The highest BCUT2D eigenvalue weighted by Crippen LogP contribution is 2.28. The van der Waals surface area contributed by atoms with Gasteiger partial charge in [-0.1, -0.05) is 15.9 Å². The molecule has 0 aromatic heterocycles. The van der Waals surface area contributed by atoms with E-state index < -0.39 is 0 Å². The minimum Gasteiger partial charge on any atom is -0.316 e. The molecule has 17 heavy (non-hydrogen) atoms. The molecule has 1 aromatic rings. The monoisotopic (exact) mass is 299 g/mol. The summed E-state index contributed by atoms with van der Waals surface area (Å²) in [6.45, 7) is 5.96. The van der Waals surface area contributed by atoms with Crippen molar-refractivity contribution in [1.29, 1.82) is 0 Å². The molecule has 1 heterocycles. The van der Waals surface area contributed by atoms with E-state index in [1.165, 1.54) is 12.8 Å². The highest BCUT2D eigenvalue weighted by atomic mass is 79.9. The Balaban J connectivity index is 2.24. The fourth-order valence-corrected chi connectivity index (χ4v) is 3.12. The van der Waals surface area contributed by atoms with Crippen molar-refractivity contribution < 1.29 is 4.39 Å². The standard InChI is InChI=1S/C14H19BrFN/c1-9-6-13(15)10(2)12(14(9)16)7-11-4-3-5-17-8-11/h6,11,17H,3-5,7-8H2,1-2H3. The van der Waals surface area contributed by atoms with Gasteiger partial charge in [0.15, 0.2) is 0 Å². The number of nitrogens with one attached hydrogen (secondary N) is 1. The lowest BCUT2D eigenvalue weighted by Gasteiger charge is -2.24. The van der Waals surface area contributed by atoms with Gasteiger partial charge in [-0.05, 0) is 74.9 Å². The normalized spacial score (nSPS) is 20.6. The average molecular weight is 300 g/mol. The number of rotatable bonds is 2. The summed E-state index contributed by atoms with van der Waals surface area (Å²) in [4.78, 5) is 0. The number of benzene rings is 1. The van der Waals surface area contributed by atoms with E-state index in [0.717, 1.165) is 40.7 Å². The molecule has 1 nitrogen and oxygen atoms in total. The quantitative estimate of drug-likeness (QED) is 0.877. The van der Waals surface area contributed by atoms with E-state index in [4.69, 9.17) is 0 Å². The Morgan fingerprint density at radius 1 is 1.47 bits per heavy atom. The van der Waals surface area contributed by atoms with Gasteiger partial charge < -0.3 is 5.32 Å². The zero-order chi connectivity index (χ0) is 12.4. The van der Waals surface area contributed by atoms with E-state index >= 15 is 0 Å². The molecule has 1 aliphatic rings. The SMILES string of the molecule is Cc1cc(Br)c(C)c(CC2CCCNC2)c1F. The van der Waals surface area contributed by atoms with Gasteiger partial charge in [0.25, 0.3) is 0 Å². The molecule has 0 bridgehead atoms. The lowest BCUT2D eigenvalue weighted by molar-refractivity contribution is 0.371. The van der Waals surface area contributed by atoms with Gasteiger partial charge in [0, 0.05) is 4.47 Å². The molecule has 1 N–H and O–H groups in total. The summed E-state index contributed by atoms with van der Waals surface area (Å²) in [5, 5.41) is 3.39. The van der Waals surface area contributed by atoms with Crippen LogP contribution in [-0.2, 0) is 6.42 Å². The van der Waals surface area contributed by atoms with Crippen molar-refractivity contribution in [2.45, 2.75) is 33.1 Å². The first-order chi connectivity index (χ1) is 8.09. The molecule has 1 aliphatic heterocycles.